The number of hydrogen-bond donors (Lipinski definition) is 0. The molecule has 5 nitrogen and oxygen atoms in total. The molecule has 0 bridgehead atoms. The smallest absolute Gasteiger partial charge is 0.163 e. The molecule has 0 radical (unpaired) electrons. The van der Waals surface area contributed by atoms with Gasteiger partial charge in [0.25, 0.3) is 0 Å². The minimum absolute atomic E-state index is 0.130. The van der Waals surface area contributed by atoms with Crippen molar-refractivity contribution in [1.29, 1.82) is 0 Å². The SMILES string of the molecule is Cc1nc(-c2ccccc2)nc(-c2ccc(-n3c4ccccc4c4cccc(-c5ccc(N(c6ccccc6)c6ccc(C(c7ccccc7)c7ccccc7)cc6)cc5)c43)cc2)n1. The summed E-state index contributed by atoms with van der Waals surface area (Å²) in [6, 6.07) is 84.2. The number of anilines is 3. The average molecular weight is 822 g/mol. The second-order valence-electron chi connectivity index (χ2n) is 16.1. The second kappa shape index (κ2) is 16.8. The maximum Gasteiger partial charge on any atom is 0.163 e. The van der Waals surface area contributed by atoms with Gasteiger partial charge in [-0.15, -0.1) is 0 Å². The lowest BCUT2D eigenvalue weighted by atomic mass is 9.85. The predicted octanol–water partition coefficient (Wildman–Crippen LogP) is 14.9. The highest BCUT2D eigenvalue weighted by molar-refractivity contribution is 6.13. The van der Waals surface area contributed by atoms with Crippen molar-refractivity contribution in [2.24, 2.45) is 0 Å². The highest BCUT2D eigenvalue weighted by Crippen LogP contribution is 2.41. The molecule has 304 valence electrons. The molecule has 11 aromatic rings. The summed E-state index contributed by atoms with van der Waals surface area (Å²) in [5, 5.41) is 2.42. The molecule has 9 aromatic carbocycles. The molecule has 0 aliphatic carbocycles. The lowest BCUT2D eigenvalue weighted by Gasteiger charge is -2.26. The fourth-order valence-corrected chi connectivity index (χ4v) is 9.11. The van der Waals surface area contributed by atoms with Crippen molar-refractivity contribution in [1.82, 2.24) is 19.5 Å². The van der Waals surface area contributed by atoms with E-state index in [1.54, 1.807) is 0 Å². The molecule has 0 fully saturated rings. The van der Waals surface area contributed by atoms with Crippen molar-refractivity contribution in [3.05, 3.63) is 259 Å². The van der Waals surface area contributed by atoms with E-state index >= 15 is 0 Å². The van der Waals surface area contributed by atoms with Gasteiger partial charge in [0.1, 0.15) is 5.82 Å². The first-order chi connectivity index (χ1) is 31.7. The fourth-order valence-electron chi connectivity index (χ4n) is 9.11. The van der Waals surface area contributed by atoms with Crippen LogP contribution in [0.5, 0.6) is 0 Å². The number of para-hydroxylation sites is 3. The van der Waals surface area contributed by atoms with Gasteiger partial charge in [-0.3, -0.25) is 0 Å². The molecule has 0 saturated heterocycles. The molecular weight excluding hydrogens is 779 g/mol. The lowest BCUT2D eigenvalue weighted by Crippen LogP contribution is -2.10. The standard InChI is InChI=1S/C59H43N5/c1-41-60-58(46-21-10-4-11-22-46)62-59(61-41)47-33-39-51(40-34-47)64-55-28-15-14-25-53(55)54-27-16-26-52(57(54)64)42-29-35-49(36-30-42)63(48-23-12-5-13-24-48)50-37-31-45(32-38-50)56(43-17-6-2-7-18-43)44-19-8-3-9-20-44/h2-40,56H,1H3. The molecular formula is C59H43N5. The summed E-state index contributed by atoms with van der Waals surface area (Å²) < 4.78 is 2.39. The van der Waals surface area contributed by atoms with Crippen molar-refractivity contribution in [3.63, 3.8) is 0 Å². The van der Waals surface area contributed by atoms with Gasteiger partial charge < -0.3 is 9.47 Å². The van der Waals surface area contributed by atoms with Crippen LogP contribution >= 0.6 is 0 Å². The van der Waals surface area contributed by atoms with E-state index in [2.05, 4.69) is 221 Å². The van der Waals surface area contributed by atoms with Crippen LogP contribution in [0, 0.1) is 6.92 Å². The summed E-state index contributed by atoms with van der Waals surface area (Å²) in [4.78, 5) is 16.6. The maximum absolute atomic E-state index is 4.88. The van der Waals surface area contributed by atoms with E-state index in [0.29, 0.717) is 17.5 Å². The quantitative estimate of drug-likeness (QED) is 0.129. The molecule has 11 rings (SSSR count). The van der Waals surface area contributed by atoms with Crippen LogP contribution in [0.15, 0.2) is 237 Å². The van der Waals surface area contributed by atoms with Crippen LogP contribution in [-0.4, -0.2) is 19.5 Å². The van der Waals surface area contributed by atoms with Crippen molar-refractivity contribution in [3.8, 4) is 39.6 Å². The number of fused-ring (bicyclic) bond motifs is 3. The largest absolute Gasteiger partial charge is 0.311 e. The summed E-state index contributed by atoms with van der Waals surface area (Å²) in [5.41, 5.74) is 14.7. The third-order valence-electron chi connectivity index (χ3n) is 12.1. The van der Waals surface area contributed by atoms with Gasteiger partial charge in [0, 0.05) is 56.1 Å². The molecule has 5 heteroatoms. The molecule has 0 aliphatic rings. The number of benzene rings is 9. The first-order valence-electron chi connectivity index (χ1n) is 21.7. The Balaban J connectivity index is 0.967. The highest BCUT2D eigenvalue weighted by Gasteiger charge is 2.20. The van der Waals surface area contributed by atoms with Crippen LogP contribution < -0.4 is 4.90 Å². The normalized spacial score (nSPS) is 11.3. The van der Waals surface area contributed by atoms with Crippen LogP contribution in [0.4, 0.5) is 17.1 Å². The van der Waals surface area contributed by atoms with E-state index in [4.69, 9.17) is 9.97 Å². The first kappa shape index (κ1) is 38.5. The molecule has 0 N–H and O–H groups in total. The zero-order valence-electron chi connectivity index (χ0n) is 35.3. The molecule has 0 aliphatic heterocycles. The van der Waals surface area contributed by atoms with E-state index in [1.807, 2.05) is 37.3 Å². The Bertz CT molecular complexity index is 3310. The molecule has 64 heavy (non-hydrogen) atoms. The lowest BCUT2D eigenvalue weighted by molar-refractivity contribution is 0.977. The Kier molecular flexibility index (Phi) is 10.1. The zero-order valence-corrected chi connectivity index (χ0v) is 35.3. The summed E-state index contributed by atoms with van der Waals surface area (Å²) >= 11 is 0. The molecule has 2 heterocycles. The van der Waals surface area contributed by atoms with E-state index in [0.717, 1.165) is 56.0 Å². The van der Waals surface area contributed by atoms with Crippen LogP contribution in [0.3, 0.4) is 0 Å². The Hall–Kier alpha value is -8.41. The molecule has 0 amide bonds. The number of aryl methyl sites for hydroxylation is 1. The van der Waals surface area contributed by atoms with E-state index in [9.17, 15) is 0 Å². The Morgan fingerprint density at radius 2 is 0.844 bits per heavy atom. The summed E-state index contributed by atoms with van der Waals surface area (Å²) in [6.07, 6.45) is 0. The monoisotopic (exact) mass is 821 g/mol. The first-order valence-corrected chi connectivity index (χ1v) is 21.7. The van der Waals surface area contributed by atoms with Crippen molar-refractivity contribution >= 4 is 38.9 Å². The van der Waals surface area contributed by atoms with Crippen LogP contribution in [0.25, 0.3) is 61.4 Å². The van der Waals surface area contributed by atoms with Gasteiger partial charge in [-0.2, -0.15) is 0 Å². The van der Waals surface area contributed by atoms with Crippen molar-refractivity contribution < 1.29 is 0 Å². The zero-order chi connectivity index (χ0) is 42.8. The Labute approximate surface area is 373 Å². The minimum atomic E-state index is 0.130. The van der Waals surface area contributed by atoms with Gasteiger partial charge >= 0.3 is 0 Å². The van der Waals surface area contributed by atoms with Crippen LogP contribution in [0.2, 0.25) is 0 Å². The molecule has 0 unspecified atom stereocenters. The van der Waals surface area contributed by atoms with Crippen LogP contribution in [-0.2, 0) is 0 Å². The van der Waals surface area contributed by atoms with Gasteiger partial charge in [0.15, 0.2) is 11.6 Å². The topological polar surface area (TPSA) is 46.8 Å². The average Bonchev–Trinajstić information content (AvgIpc) is 3.71. The summed E-state index contributed by atoms with van der Waals surface area (Å²) in [6.45, 7) is 1.92. The van der Waals surface area contributed by atoms with Gasteiger partial charge in [0.2, 0.25) is 0 Å². The number of nitrogens with zero attached hydrogens (tertiary/aromatic N) is 5. The third-order valence-corrected chi connectivity index (χ3v) is 12.1. The van der Waals surface area contributed by atoms with Gasteiger partial charge in [0.05, 0.1) is 11.0 Å². The van der Waals surface area contributed by atoms with E-state index < -0.39 is 0 Å². The number of hydrogen-bond acceptors (Lipinski definition) is 4. The number of aromatic nitrogens is 4. The Morgan fingerprint density at radius 3 is 1.47 bits per heavy atom. The van der Waals surface area contributed by atoms with Gasteiger partial charge in [-0.05, 0) is 95.9 Å². The molecule has 0 spiro atoms. The fraction of sp³-hybridized carbons (Fsp3) is 0.0339. The third kappa shape index (κ3) is 7.29. The summed E-state index contributed by atoms with van der Waals surface area (Å²) in [7, 11) is 0. The van der Waals surface area contributed by atoms with Crippen molar-refractivity contribution in [2.45, 2.75) is 12.8 Å². The van der Waals surface area contributed by atoms with Gasteiger partial charge in [-0.1, -0.05) is 170 Å². The number of rotatable bonds is 10. The minimum Gasteiger partial charge on any atom is -0.311 e. The Morgan fingerprint density at radius 1 is 0.375 bits per heavy atom. The summed E-state index contributed by atoms with van der Waals surface area (Å²) in [5.74, 6) is 2.15. The van der Waals surface area contributed by atoms with Crippen molar-refractivity contribution in [2.75, 3.05) is 4.90 Å². The van der Waals surface area contributed by atoms with Crippen LogP contribution in [0.1, 0.15) is 28.4 Å². The predicted molar refractivity (Wildman–Crippen MR) is 264 cm³/mol. The van der Waals surface area contributed by atoms with E-state index in [1.165, 1.54) is 27.5 Å². The second-order valence-corrected chi connectivity index (χ2v) is 16.1. The highest BCUT2D eigenvalue weighted by atomic mass is 15.1. The van der Waals surface area contributed by atoms with Gasteiger partial charge in [-0.25, -0.2) is 15.0 Å². The molecule has 2 aromatic heterocycles. The molecule has 0 atom stereocenters. The maximum atomic E-state index is 4.88. The van der Waals surface area contributed by atoms with E-state index in [-0.39, 0.29) is 5.92 Å². The molecule has 0 saturated carbocycles.